The number of hydrogen-bond donors (Lipinski definition) is 1. The fourth-order valence-electron chi connectivity index (χ4n) is 1.19. The third-order valence-electron chi connectivity index (χ3n) is 1.96. The summed E-state index contributed by atoms with van der Waals surface area (Å²) in [6.45, 7) is 6.83. The van der Waals surface area contributed by atoms with Crippen molar-refractivity contribution in [2.75, 3.05) is 0 Å². The van der Waals surface area contributed by atoms with E-state index in [0.29, 0.717) is 19.0 Å². The van der Waals surface area contributed by atoms with Crippen LogP contribution in [0.4, 0.5) is 0 Å². The standard InChI is InChI=1S/C10H16N2O3/c1-4-12-5-8(10(13)14)11-9(12)6-15-7(2)3/h5,7H,4,6H2,1-3H3,(H,13,14). The highest BCUT2D eigenvalue weighted by Crippen LogP contribution is 2.06. The Balaban J connectivity index is 2.81. The molecule has 1 N–H and O–H groups in total. The summed E-state index contributed by atoms with van der Waals surface area (Å²) in [5, 5.41) is 8.78. The van der Waals surface area contributed by atoms with Crippen molar-refractivity contribution in [2.45, 2.75) is 40.0 Å². The van der Waals surface area contributed by atoms with Crippen LogP contribution in [0, 0.1) is 0 Å². The highest BCUT2D eigenvalue weighted by atomic mass is 16.5. The van der Waals surface area contributed by atoms with Gasteiger partial charge in [0.05, 0.1) is 6.10 Å². The lowest BCUT2D eigenvalue weighted by molar-refractivity contribution is 0.0593. The second-order valence-electron chi connectivity index (χ2n) is 3.49. The first-order valence-corrected chi connectivity index (χ1v) is 4.95. The van der Waals surface area contributed by atoms with Crippen LogP contribution in [0.3, 0.4) is 0 Å². The minimum Gasteiger partial charge on any atom is -0.476 e. The van der Waals surface area contributed by atoms with Crippen LogP contribution in [0.25, 0.3) is 0 Å². The van der Waals surface area contributed by atoms with Crippen molar-refractivity contribution >= 4 is 5.97 Å². The summed E-state index contributed by atoms with van der Waals surface area (Å²) in [6, 6.07) is 0. The van der Waals surface area contributed by atoms with Crippen molar-refractivity contribution in [3.63, 3.8) is 0 Å². The molecule has 0 aliphatic heterocycles. The highest BCUT2D eigenvalue weighted by molar-refractivity contribution is 5.85. The van der Waals surface area contributed by atoms with Crippen LogP contribution < -0.4 is 0 Å². The molecule has 0 spiro atoms. The van der Waals surface area contributed by atoms with E-state index in [2.05, 4.69) is 4.98 Å². The number of aryl methyl sites for hydroxylation is 1. The molecule has 0 unspecified atom stereocenters. The topological polar surface area (TPSA) is 64.4 Å². The van der Waals surface area contributed by atoms with Crippen LogP contribution in [0.15, 0.2) is 6.20 Å². The SMILES string of the molecule is CCn1cc(C(=O)O)nc1COC(C)C. The second kappa shape index (κ2) is 4.93. The molecule has 15 heavy (non-hydrogen) atoms. The summed E-state index contributed by atoms with van der Waals surface area (Å²) in [4.78, 5) is 14.7. The molecule has 0 radical (unpaired) electrons. The lowest BCUT2D eigenvalue weighted by Gasteiger charge is -2.07. The number of aromatic carboxylic acids is 1. The molecule has 1 heterocycles. The Hall–Kier alpha value is -1.36. The van der Waals surface area contributed by atoms with E-state index < -0.39 is 5.97 Å². The second-order valence-corrected chi connectivity index (χ2v) is 3.49. The number of rotatable bonds is 5. The molecule has 0 fully saturated rings. The molecular formula is C10H16N2O3. The summed E-state index contributed by atoms with van der Waals surface area (Å²) in [5.74, 6) is -0.350. The molecule has 0 aromatic carbocycles. The van der Waals surface area contributed by atoms with Gasteiger partial charge in [-0.25, -0.2) is 9.78 Å². The predicted molar refractivity (Wildman–Crippen MR) is 54.8 cm³/mol. The van der Waals surface area contributed by atoms with Crippen LogP contribution in [-0.4, -0.2) is 26.7 Å². The monoisotopic (exact) mass is 212 g/mol. The minimum absolute atomic E-state index is 0.0687. The van der Waals surface area contributed by atoms with Gasteiger partial charge in [-0.05, 0) is 20.8 Å². The molecule has 1 aromatic rings. The first kappa shape index (κ1) is 11.7. The number of hydrogen-bond acceptors (Lipinski definition) is 3. The van der Waals surface area contributed by atoms with E-state index in [-0.39, 0.29) is 11.8 Å². The van der Waals surface area contributed by atoms with Gasteiger partial charge in [-0.2, -0.15) is 0 Å². The molecule has 0 saturated heterocycles. The summed E-state index contributed by atoms with van der Waals surface area (Å²) in [7, 11) is 0. The van der Waals surface area contributed by atoms with Gasteiger partial charge in [-0.15, -0.1) is 0 Å². The van der Waals surface area contributed by atoms with Crippen molar-refractivity contribution in [1.29, 1.82) is 0 Å². The first-order valence-electron chi connectivity index (χ1n) is 4.95. The van der Waals surface area contributed by atoms with Gasteiger partial charge in [0.1, 0.15) is 12.4 Å². The first-order chi connectivity index (χ1) is 7.04. The zero-order valence-electron chi connectivity index (χ0n) is 9.23. The number of carboxylic acids is 1. The molecule has 0 aliphatic rings. The van der Waals surface area contributed by atoms with Crippen LogP contribution in [0.1, 0.15) is 37.1 Å². The van der Waals surface area contributed by atoms with E-state index >= 15 is 0 Å². The maximum absolute atomic E-state index is 10.7. The summed E-state index contributed by atoms with van der Waals surface area (Å²) in [5.41, 5.74) is 0.0687. The average Bonchev–Trinajstić information content (AvgIpc) is 2.57. The van der Waals surface area contributed by atoms with E-state index in [0.717, 1.165) is 0 Å². The van der Waals surface area contributed by atoms with E-state index in [4.69, 9.17) is 9.84 Å². The number of imidazole rings is 1. The molecule has 5 heteroatoms. The molecule has 0 atom stereocenters. The Morgan fingerprint density at radius 2 is 2.33 bits per heavy atom. The summed E-state index contributed by atoms with van der Waals surface area (Å²) < 4.78 is 7.17. The number of aromatic nitrogens is 2. The van der Waals surface area contributed by atoms with Gasteiger partial charge in [-0.1, -0.05) is 0 Å². The predicted octanol–water partition coefficient (Wildman–Crippen LogP) is 1.53. The highest BCUT2D eigenvalue weighted by Gasteiger charge is 2.12. The molecule has 0 saturated carbocycles. The lowest BCUT2D eigenvalue weighted by atomic mass is 10.5. The number of nitrogens with zero attached hydrogens (tertiary/aromatic N) is 2. The van der Waals surface area contributed by atoms with Gasteiger partial charge in [0, 0.05) is 12.7 Å². The van der Waals surface area contributed by atoms with E-state index in [1.807, 2.05) is 20.8 Å². The maximum atomic E-state index is 10.7. The molecule has 0 bridgehead atoms. The zero-order valence-corrected chi connectivity index (χ0v) is 9.23. The number of carbonyl (C=O) groups is 1. The summed E-state index contributed by atoms with van der Waals surface area (Å²) in [6.07, 6.45) is 1.64. The van der Waals surface area contributed by atoms with Crippen LogP contribution in [0.5, 0.6) is 0 Å². The Kier molecular flexibility index (Phi) is 3.85. The quantitative estimate of drug-likeness (QED) is 0.803. The van der Waals surface area contributed by atoms with Crippen molar-refractivity contribution in [3.05, 3.63) is 17.7 Å². The fourth-order valence-corrected chi connectivity index (χ4v) is 1.19. The molecule has 1 aromatic heterocycles. The molecule has 0 amide bonds. The maximum Gasteiger partial charge on any atom is 0.356 e. The van der Waals surface area contributed by atoms with Gasteiger partial charge in [-0.3, -0.25) is 0 Å². The zero-order chi connectivity index (χ0) is 11.4. The van der Waals surface area contributed by atoms with Crippen molar-refractivity contribution in [1.82, 2.24) is 9.55 Å². The Morgan fingerprint density at radius 1 is 1.67 bits per heavy atom. The van der Waals surface area contributed by atoms with Crippen LogP contribution in [-0.2, 0) is 17.9 Å². The van der Waals surface area contributed by atoms with Crippen molar-refractivity contribution in [2.24, 2.45) is 0 Å². The Bertz CT molecular complexity index is 344. The number of ether oxygens (including phenoxy) is 1. The number of carboxylic acid groups (broad SMARTS) is 1. The van der Waals surface area contributed by atoms with Gasteiger partial charge >= 0.3 is 5.97 Å². The van der Waals surface area contributed by atoms with Crippen molar-refractivity contribution in [3.8, 4) is 0 Å². The molecule has 0 aliphatic carbocycles. The van der Waals surface area contributed by atoms with E-state index in [9.17, 15) is 4.79 Å². The van der Waals surface area contributed by atoms with E-state index in [1.54, 1.807) is 4.57 Å². The van der Waals surface area contributed by atoms with Gasteiger partial charge in [0.25, 0.3) is 0 Å². The largest absolute Gasteiger partial charge is 0.476 e. The lowest BCUT2D eigenvalue weighted by Crippen LogP contribution is -2.07. The Morgan fingerprint density at radius 3 is 2.80 bits per heavy atom. The molecule has 5 nitrogen and oxygen atoms in total. The third-order valence-corrected chi connectivity index (χ3v) is 1.96. The molecular weight excluding hydrogens is 196 g/mol. The van der Waals surface area contributed by atoms with Crippen molar-refractivity contribution < 1.29 is 14.6 Å². The Labute approximate surface area is 88.7 Å². The van der Waals surface area contributed by atoms with E-state index in [1.165, 1.54) is 6.20 Å². The normalized spacial score (nSPS) is 10.9. The summed E-state index contributed by atoms with van der Waals surface area (Å²) >= 11 is 0. The van der Waals surface area contributed by atoms with Gasteiger partial charge < -0.3 is 14.4 Å². The fraction of sp³-hybridized carbons (Fsp3) is 0.600. The molecule has 1 rings (SSSR count). The van der Waals surface area contributed by atoms with Gasteiger partial charge in [0.15, 0.2) is 5.69 Å². The molecule has 84 valence electrons. The third kappa shape index (κ3) is 3.06. The minimum atomic E-state index is -1.01. The van der Waals surface area contributed by atoms with Crippen LogP contribution in [0.2, 0.25) is 0 Å². The van der Waals surface area contributed by atoms with Gasteiger partial charge in [0.2, 0.25) is 0 Å². The van der Waals surface area contributed by atoms with Crippen LogP contribution >= 0.6 is 0 Å². The average molecular weight is 212 g/mol. The smallest absolute Gasteiger partial charge is 0.356 e.